The average Bonchev–Trinajstić information content (AvgIpc) is 2.78. The van der Waals surface area contributed by atoms with Crippen LogP contribution in [0.5, 0.6) is 0 Å². The van der Waals surface area contributed by atoms with Gasteiger partial charge >= 0.3 is 17.9 Å². The van der Waals surface area contributed by atoms with Gasteiger partial charge in [-0.15, -0.1) is 0 Å². The van der Waals surface area contributed by atoms with E-state index in [2.05, 4.69) is 0 Å². The summed E-state index contributed by atoms with van der Waals surface area (Å²) in [6.07, 6.45) is 1.07. The normalized spacial score (nSPS) is 19.2. The van der Waals surface area contributed by atoms with Crippen LogP contribution < -0.4 is 0 Å². The number of alkyl halides is 2. The zero-order valence-corrected chi connectivity index (χ0v) is 11.5. The van der Waals surface area contributed by atoms with Crippen molar-refractivity contribution in [1.29, 1.82) is 0 Å². The maximum Gasteiger partial charge on any atom is 0.381 e. The predicted octanol–water partition coefficient (Wildman–Crippen LogP) is 3.00. The first kappa shape index (κ1) is 15.9. The lowest BCUT2D eigenvalue weighted by Gasteiger charge is -2.36. The Labute approximate surface area is 111 Å². The van der Waals surface area contributed by atoms with Crippen LogP contribution in [0.25, 0.3) is 0 Å². The van der Waals surface area contributed by atoms with Gasteiger partial charge in [-0.25, -0.2) is 4.79 Å². The van der Waals surface area contributed by atoms with Crippen LogP contribution in [-0.2, 0) is 14.3 Å². The molecule has 0 amide bonds. The molecule has 110 valence electrons. The molecule has 0 unspecified atom stereocenters. The van der Waals surface area contributed by atoms with Crippen molar-refractivity contribution in [2.75, 3.05) is 0 Å². The van der Waals surface area contributed by atoms with E-state index >= 15 is 0 Å². The summed E-state index contributed by atoms with van der Waals surface area (Å²) in [5.74, 6) is -7.06. The number of hydrogen-bond acceptors (Lipinski definition) is 3. The lowest BCUT2D eigenvalue weighted by molar-refractivity contribution is -0.226. The fraction of sp³-hybridized carbons (Fsp3) is 0.846. The second-order valence-corrected chi connectivity index (χ2v) is 5.71. The van der Waals surface area contributed by atoms with Crippen LogP contribution in [0.15, 0.2) is 0 Å². The van der Waals surface area contributed by atoms with Crippen molar-refractivity contribution in [2.45, 2.75) is 64.4 Å². The number of aliphatic carboxylic acids is 1. The Bertz CT molecular complexity index is 371. The number of hydrogen-bond donors (Lipinski definition) is 1. The number of ether oxygens (including phenoxy) is 1. The summed E-state index contributed by atoms with van der Waals surface area (Å²) in [7, 11) is 0. The Morgan fingerprint density at radius 1 is 1.26 bits per heavy atom. The Morgan fingerprint density at radius 3 is 2.11 bits per heavy atom. The van der Waals surface area contributed by atoms with Crippen LogP contribution in [0.1, 0.15) is 52.9 Å². The van der Waals surface area contributed by atoms with Gasteiger partial charge in [0.25, 0.3) is 0 Å². The zero-order chi connectivity index (χ0) is 14.9. The predicted molar refractivity (Wildman–Crippen MR) is 63.9 cm³/mol. The molecule has 0 bridgehead atoms. The van der Waals surface area contributed by atoms with Gasteiger partial charge in [0, 0.05) is 0 Å². The highest BCUT2D eigenvalue weighted by Gasteiger charge is 2.63. The molecular formula is C13H20F2O4. The number of carboxylic acid groups (broad SMARTS) is 1. The SMILES string of the molecule is CCC(C)(C)C(=O)OC1(C(F)(F)C(=O)O)CCCC1. The van der Waals surface area contributed by atoms with Gasteiger partial charge in [0.2, 0.25) is 0 Å². The smallest absolute Gasteiger partial charge is 0.381 e. The molecule has 1 fully saturated rings. The van der Waals surface area contributed by atoms with Crippen LogP contribution in [0.2, 0.25) is 0 Å². The summed E-state index contributed by atoms with van der Waals surface area (Å²) in [6, 6.07) is 0. The van der Waals surface area contributed by atoms with Gasteiger partial charge in [-0.3, -0.25) is 4.79 Å². The first-order valence-corrected chi connectivity index (χ1v) is 6.44. The first-order valence-electron chi connectivity index (χ1n) is 6.44. The molecule has 0 spiro atoms. The van der Waals surface area contributed by atoms with Crippen molar-refractivity contribution in [3.63, 3.8) is 0 Å². The number of esters is 1. The summed E-state index contributed by atoms with van der Waals surface area (Å²) in [6.45, 7) is 4.94. The van der Waals surface area contributed by atoms with Gasteiger partial charge in [-0.1, -0.05) is 6.92 Å². The molecule has 1 aliphatic carbocycles. The maximum absolute atomic E-state index is 13.9. The fourth-order valence-corrected chi connectivity index (χ4v) is 2.08. The molecule has 0 aromatic rings. The van der Waals surface area contributed by atoms with E-state index in [1.807, 2.05) is 0 Å². The van der Waals surface area contributed by atoms with E-state index in [9.17, 15) is 18.4 Å². The van der Waals surface area contributed by atoms with E-state index in [0.717, 1.165) is 0 Å². The lowest BCUT2D eigenvalue weighted by Crippen LogP contribution is -2.55. The Hall–Kier alpha value is -1.20. The van der Waals surface area contributed by atoms with Crippen LogP contribution in [0, 0.1) is 5.41 Å². The first-order chi connectivity index (χ1) is 8.59. The van der Waals surface area contributed by atoms with E-state index in [-0.39, 0.29) is 12.8 Å². The minimum atomic E-state index is -4.05. The molecule has 4 nitrogen and oxygen atoms in total. The van der Waals surface area contributed by atoms with Crippen molar-refractivity contribution < 1.29 is 28.2 Å². The van der Waals surface area contributed by atoms with Gasteiger partial charge in [0.05, 0.1) is 5.41 Å². The van der Waals surface area contributed by atoms with E-state index in [1.54, 1.807) is 20.8 Å². The maximum atomic E-state index is 13.9. The average molecular weight is 278 g/mol. The molecular weight excluding hydrogens is 258 g/mol. The monoisotopic (exact) mass is 278 g/mol. The topological polar surface area (TPSA) is 63.6 Å². The summed E-state index contributed by atoms with van der Waals surface area (Å²) in [5, 5.41) is 8.70. The molecule has 1 saturated carbocycles. The van der Waals surface area contributed by atoms with Crippen molar-refractivity contribution in [3.8, 4) is 0 Å². The third-order valence-electron chi connectivity index (χ3n) is 3.98. The number of carbonyl (C=O) groups excluding carboxylic acids is 1. The molecule has 1 aliphatic rings. The number of carboxylic acids is 1. The van der Waals surface area contributed by atoms with Crippen molar-refractivity contribution in [1.82, 2.24) is 0 Å². The van der Waals surface area contributed by atoms with Gasteiger partial charge in [0.15, 0.2) is 5.60 Å². The standard InChI is InChI=1S/C13H20F2O4/c1-4-11(2,3)10(18)19-12(7-5-6-8-12)13(14,15)9(16)17/h4-8H2,1-3H3,(H,16,17). The largest absolute Gasteiger partial charge is 0.477 e. The van der Waals surface area contributed by atoms with Gasteiger partial charge in [-0.05, 0) is 46.0 Å². The summed E-state index contributed by atoms with van der Waals surface area (Å²) in [5.41, 5.74) is -3.09. The summed E-state index contributed by atoms with van der Waals surface area (Å²) < 4.78 is 32.8. The van der Waals surface area contributed by atoms with Crippen LogP contribution in [0.3, 0.4) is 0 Å². The molecule has 6 heteroatoms. The number of rotatable bonds is 5. The quantitative estimate of drug-likeness (QED) is 0.785. The van der Waals surface area contributed by atoms with E-state index in [4.69, 9.17) is 9.84 Å². The molecule has 0 aliphatic heterocycles. The molecule has 1 N–H and O–H groups in total. The lowest BCUT2D eigenvalue weighted by atomic mass is 9.88. The molecule has 0 saturated heterocycles. The molecule has 19 heavy (non-hydrogen) atoms. The molecule has 1 rings (SSSR count). The summed E-state index contributed by atoms with van der Waals surface area (Å²) >= 11 is 0. The van der Waals surface area contributed by atoms with Gasteiger partial charge < -0.3 is 9.84 Å². The van der Waals surface area contributed by atoms with E-state index in [0.29, 0.717) is 19.3 Å². The van der Waals surface area contributed by atoms with Gasteiger partial charge in [0.1, 0.15) is 0 Å². The molecule has 0 heterocycles. The van der Waals surface area contributed by atoms with E-state index in [1.165, 1.54) is 0 Å². The second-order valence-electron chi connectivity index (χ2n) is 5.71. The molecule has 0 aromatic heterocycles. The van der Waals surface area contributed by atoms with Crippen LogP contribution in [0.4, 0.5) is 8.78 Å². The minimum absolute atomic E-state index is 0.113. The third kappa shape index (κ3) is 2.72. The fourth-order valence-electron chi connectivity index (χ4n) is 2.08. The highest BCUT2D eigenvalue weighted by atomic mass is 19.3. The molecule has 0 atom stereocenters. The van der Waals surface area contributed by atoms with Crippen LogP contribution in [-0.4, -0.2) is 28.6 Å². The Morgan fingerprint density at radius 2 is 1.74 bits per heavy atom. The highest BCUT2D eigenvalue weighted by Crippen LogP contribution is 2.46. The minimum Gasteiger partial charge on any atom is -0.477 e. The number of carbonyl (C=O) groups is 2. The zero-order valence-electron chi connectivity index (χ0n) is 11.5. The second kappa shape index (κ2) is 5.06. The highest BCUT2D eigenvalue weighted by molar-refractivity contribution is 5.80. The Balaban J connectivity index is 3.03. The third-order valence-corrected chi connectivity index (χ3v) is 3.98. The van der Waals surface area contributed by atoms with Crippen LogP contribution >= 0.6 is 0 Å². The van der Waals surface area contributed by atoms with Crippen molar-refractivity contribution in [2.24, 2.45) is 5.41 Å². The van der Waals surface area contributed by atoms with Crippen molar-refractivity contribution in [3.05, 3.63) is 0 Å². The van der Waals surface area contributed by atoms with E-state index < -0.39 is 28.9 Å². The van der Waals surface area contributed by atoms with Gasteiger partial charge in [-0.2, -0.15) is 8.78 Å². The Kier molecular flexibility index (Phi) is 4.22. The molecule has 0 radical (unpaired) electrons. The van der Waals surface area contributed by atoms with Crippen molar-refractivity contribution >= 4 is 11.9 Å². The number of halogens is 2. The summed E-state index contributed by atoms with van der Waals surface area (Å²) in [4.78, 5) is 22.8. The molecule has 0 aromatic carbocycles.